The molecule has 0 N–H and O–H groups in total. The Hall–Kier alpha value is -1.60. The number of rotatable bonds is 2. The fraction of sp³-hybridized carbons (Fsp3) is 0.632. The van der Waals surface area contributed by atoms with Gasteiger partial charge in [0.05, 0.1) is 6.26 Å². The van der Waals surface area contributed by atoms with Gasteiger partial charge in [-0.2, -0.15) is 0 Å². The molecule has 2 atom stereocenters. The fourth-order valence-corrected chi connectivity index (χ4v) is 5.82. The smallest absolute Gasteiger partial charge is 0.320 e. The summed E-state index contributed by atoms with van der Waals surface area (Å²) < 4.78 is 25.7. The first-order valence-corrected chi connectivity index (χ1v) is 11.3. The Labute approximate surface area is 155 Å². The van der Waals surface area contributed by atoms with E-state index in [1.807, 2.05) is 28.0 Å². The third-order valence-corrected chi connectivity index (χ3v) is 7.66. The number of sulfonamides is 1. The Kier molecular flexibility index (Phi) is 4.47. The molecule has 1 aromatic carbocycles. The van der Waals surface area contributed by atoms with E-state index >= 15 is 0 Å². The van der Waals surface area contributed by atoms with E-state index < -0.39 is 10.0 Å². The number of piperidine rings is 1. The monoisotopic (exact) mass is 377 g/mol. The molecule has 3 aliphatic heterocycles. The van der Waals surface area contributed by atoms with Crippen LogP contribution in [0.4, 0.5) is 4.79 Å². The van der Waals surface area contributed by atoms with Crippen molar-refractivity contribution in [3.8, 4) is 0 Å². The van der Waals surface area contributed by atoms with Gasteiger partial charge in [-0.25, -0.2) is 17.5 Å². The van der Waals surface area contributed by atoms with E-state index in [9.17, 15) is 13.2 Å². The van der Waals surface area contributed by atoms with Crippen molar-refractivity contribution in [2.24, 2.45) is 5.92 Å². The molecule has 2 amide bonds. The second kappa shape index (κ2) is 6.53. The summed E-state index contributed by atoms with van der Waals surface area (Å²) in [6, 6.07) is 10.5. The fourth-order valence-electron chi connectivity index (χ4n) is 4.95. The number of nitrogens with zero attached hydrogens (tertiary/aromatic N) is 3. The van der Waals surface area contributed by atoms with E-state index in [0.29, 0.717) is 26.2 Å². The van der Waals surface area contributed by atoms with Crippen molar-refractivity contribution in [2.45, 2.75) is 24.7 Å². The number of benzene rings is 1. The van der Waals surface area contributed by atoms with Gasteiger partial charge in [0, 0.05) is 50.6 Å². The van der Waals surface area contributed by atoms with Gasteiger partial charge in [0.25, 0.3) is 0 Å². The van der Waals surface area contributed by atoms with Crippen molar-refractivity contribution >= 4 is 16.1 Å². The van der Waals surface area contributed by atoms with E-state index in [-0.39, 0.29) is 17.4 Å². The molecular formula is C19H27N3O3S. The first-order valence-electron chi connectivity index (χ1n) is 9.45. The minimum absolute atomic E-state index is 0.123. The molecule has 0 radical (unpaired) electrons. The maximum atomic E-state index is 13.0. The van der Waals surface area contributed by atoms with Crippen molar-refractivity contribution in [3.05, 3.63) is 35.9 Å². The molecule has 6 nitrogen and oxygen atoms in total. The van der Waals surface area contributed by atoms with Crippen LogP contribution in [-0.2, 0) is 15.4 Å². The third-order valence-electron chi connectivity index (χ3n) is 6.39. The van der Waals surface area contributed by atoms with Gasteiger partial charge in [0.1, 0.15) is 0 Å². The van der Waals surface area contributed by atoms with Crippen LogP contribution in [0, 0.1) is 5.92 Å². The maximum Gasteiger partial charge on any atom is 0.320 e. The Balaban J connectivity index is 1.64. The summed E-state index contributed by atoms with van der Waals surface area (Å²) in [6.07, 6.45) is 4.20. The van der Waals surface area contributed by atoms with Gasteiger partial charge in [-0.05, 0) is 24.8 Å². The van der Waals surface area contributed by atoms with Crippen LogP contribution in [0.25, 0.3) is 0 Å². The average molecular weight is 378 g/mol. The predicted molar refractivity (Wildman–Crippen MR) is 100 cm³/mol. The van der Waals surface area contributed by atoms with Crippen LogP contribution in [0.2, 0.25) is 0 Å². The zero-order valence-electron chi connectivity index (χ0n) is 15.3. The summed E-state index contributed by atoms with van der Waals surface area (Å²) in [5.74, 6) is 0.139. The normalized spacial score (nSPS) is 29.8. The minimum Gasteiger partial charge on any atom is -0.325 e. The highest BCUT2D eigenvalue weighted by Crippen LogP contribution is 2.46. The van der Waals surface area contributed by atoms with Gasteiger partial charge >= 0.3 is 6.03 Å². The van der Waals surface area contributed by atoms with Gasteiger partial charge in [-0.1, -0.05) is 30.3 Å². The lowest BCUT2D eigenvalue weighted by Crippen LogP contribution is -2.51. The van der Waals surface area contributed by atoms with Crippen LogP contribution in [0.15, 0.2) is 30.3 Å². The highest BCUT2D eigenvalue weighted by atomic mass is 32.2. The topological polar surface area (TPSA) is 60.9 Å². The number of hydrogen-bond acceptors (Lipinski definition) is 3. The highest BCUT2D eigenvalue weighted by molar-refractivity contribution is 7.88. The van der Waals surface area contributed by atoms with Crippen LogP contribution in [0.3, 0.4) is 0 Å². The Bertz CT molecular complexity index is 776. The zero-order chi connectivity index (χ0) is 18.4. The summed E-state index contributed by atoms with van der Waals surface area (Å²) in [5.41, 5.74) is 1.09. The molecule has 3 saturated heterocycles. The summed E-state index contributed by atoms with van der Waals surface area (Å²) >= 11 is 0. The van der Waals surface area contributed by atoms with E-state index in [1.54, 1.807) is 4.31 Å². The molecule has 3 aliphatic rings. The molecule has 0 unspecified atom stereocenters. The summed E-state index contributed by atoms with van der Waals surface area (Å²) in [7, 11) is -3.21. The van der Waals surface area contributed by atoms with E-state index in [0.717, 1.165) is 32.4 Å². The minimum atomic E-state index is -3.21. The third kappa shape index (κ3) is 3.01. The molecule has 4 rings (SSSR count). The van der Waals surface area contributed by atoms with Crippen molar-refractivity contribution in [2.75, 3.05) is 45.5 Å². The standard InChI is InChI=1S/C19H27N3O3S/c1-26(24,25)22-12-9-19(16-7-3-2-4-8-16)15-21(13-17(19)14-22)18(23)20-10-5-6-11-20/h2-4,7-8,17H,5-6,9-15H2,1H3/t17-,19-/m0/s1. The first-order chi connectivity index (χ1) is 12.4. The van der Waals surface area contributed by atoms with Gasteiger partial charge < -0.3 is 9.80 Å². The number of carbonyl (C=O) groups is 1. The summed E-state index contributed by atoms with van der Waals surface area (Å²) in [6.45, 7) is 4.03. The molecule has 0 saturated carbocycles. The molecular weight excluding hydrogens is 350 g/mol. The van der Waals surface area contributed by atoms with Crippen molar-refractivity contribution in [1.29, 1.82) is 0 Å². The van der Waals surface area contributed by atoms with Gasteiger partial charge in [0.2, 0.25) is 10.0 Å². The number of amides is 2. The number of hydrogen-bond donors (Lipinski definition) is 0. The number of carbonyl (C=O) groups excluding carboxylic acids is 1. The largest absolute Gasteiger partial charge is 0.325 e. The maximum absolute atomic E-state index is 13.0. The van der Waals surface area contributed by atoms with Gasteiger partial charge in [-0.3, -0.25) is 0 Å². The molecule has 0 aliphatic carbocycles. The number of fused-ring (bicyclic) bond motifs is 1. The van der Waals surface area contributed by atoms with Gasteiger partial charge in [0.15, 0.2) is 0 Å². The molecule has 142 valence electrons. The quantitative estimate of drug-likeness (QED) is 0.789. The van der Waals surface area contributed by atoms with Crippen molar-refractivity contribution in [1.82, 2.24) is 14.1 Å². The second-order valence-corrected chi connectivity index (χ2v) is 9.93. The lowest BCUT2D eigenvalue weighted by atomic mass is 9.68. The van der Waals surface area contributed by atoms with Crippen LogP contribution in [0.5, 0.6) is 0 Å². The van der Waals surface area contributed by atoms with Crippen molar-refractivity contribution < 1.29 is 13.2 Å². The average Bonchev–Trinajstić information content (AvgIpc) is 3.29. The van der Waals surface area contributed by atoms with Crippen LogP contribution >= 0.6 is 0 Å². The summed E-state index contributed by atoms with van der Waals surface area (Å²) in [5, 5.41) is 0. The zero-order valence-corrected chi connectivity index (χ0v) is 16.1. The lowest BCUT2D eigenvalue weighted by molar-refractivity contribution is 0.169. The Morgan fingerprint density at radius 1 is 1.04 bits per heavy atom. The highest BCUT2D eigenvalue weighted by Gasteiger charge is 2.53. The molecule has 26 heavy (non-hydrogen) atoms. The van der Waals surface area contributed by atoms with Gasteiger partial charge in [-0.15, -0.1) is 0 Å². The SMILES string of the molecule is CS(=O)(=O)N1CC[C@@]2(c3ccccc3)CN(C(=O)N3CCCC3)C[C@H]2C1. The Morgan fingerprint density at radius 2 is 1.73 bits per heavy atom. The number of urea groups is 1. The van der Waals surface area contributed by atoms with Crippen LogP contribution in [0.1, 0.15) is 24.8 Å². The lowest BCUT2D eigenvalue weighted by Gasteiger charge is -2.42. The first kappa shape index (κ1) is 17.8. The second-order valence-electron chi connectivity index (χ2n) is 7.95. The predicted octanol–water partition coefficient (Wildman–Crippen LogP) is 1.74. The molecule has 0 spiro atoms. The molecule has 0 aromatic heterocycles. The molecule has 3 heterocycles. The van der Waals surface area contributed by atoms with E-state index in [4.69, 9.17) is 0 Å². The van der Waals surface area contributed by atoms with E-state index in [1.165, 1.54) is 11.8 Å². The van der Waals surface area contributed by atoms with Crippen molar-refractivity contribution in [3.63, 3.8) is 0 Å². The summed E-state index contributed by atoms with van der Waals surface area (Å²) in [4.78, 5) is 16.9. The Morgan fingerprint density at radius 3 is 2.38 bits per heavy atom. The van der Waals surface area contributed by atoms with Crippen LogP contribution < -0.4 is 0 Å². The number of likely N-dealkylation sites (tertiary alicyclic amines) is 2. The molecule has 7 heteroatoms. The molecule has 1 aromatic rings. The molecule has 0 bridgehead atoms. The molecule has 3 fully saturated rings. The van der Waals surface area contributed by atoms with Crippen LogP contribution in [-0.4, -0.2) is 74.1 Å². The van der Waals surface area contributed by atoms with E-state index in [2.05, 4.69) is 12.1 Å².